The van der Waals surface area contributed by atoms with Crippen LogP contribution in [0.15, 0.2) is 84.9 Å². The van der Waals surface area contributed by atoms with Gasteiger partial charge < -0.3 is 79.8 Å². The Morgan fingerprint density at radius 2 is 0.576 bits per heavy atom. The number of halogens is 6. The van der Waals surface area contributed by atoms with Gasteiger partial charge in [0, 0.05) is 38.3 Å². The number of amides is 8. The Balaban J connectivity index is 0.000000205. The topological polar surface area (TPSA) is 349 Å². The van der Waals surface area contributed by atoms with Gasteiger partial charge in [0.25, 0.3) is 0 Å². The van der Waals surface area contributed by atoms with Gasteiger partial charge in [0.1, 0.15) is 81.2 Å². The van der Waals surface area contributed by atoms with Gasteiger partial charge in [-0.15, -0.1) is 0 Å². The van der Waals surface area contributed by atoms with E-state index in [9.17, 15) is 38.4 Å². The van der Waals surface area contributed by atoms with E-state index in [0.29, 0.717) is 98.5 Å². The number of hydrogen-bond acceptors (Lipinski definition) is 16. The quantitative estimate of drug-likeness (QED) is 0.0260. The fourth-order valence-corrected chi connectivity index (χ4v) is 16.3. The van der Waals surface area contributed by atoms with Crippen LogP contribution in [0.5, 0.6) is 0 Å². The number of rotatable bonds is 20. The summed E-state index contributed by atoms with van der Waals surface area (Å²) in [6, 6.07) is 16.0. The highest BCUT2D eigenvalue weighted by molar-refractivity contribution is 5.92. The number of hydrogen-bond donors (Lipinski definition) is 8. The Morgan fingerprint density at radius 3 is 0.822 bits per heavy atom. The molecule has 0 bridgehead atoms. The molecule has 118 heavy (non-hydrogen) atoms. The summed E-state index contributed by atoms with van der Waals surface area (Å²) in [5.74, 6) is -5.48. The maximum absolute atomic E-state index is 16.2. The van der Waals surface area contributed by atoms with Gasteiger partial charge in [0.2, 0.25) is 23.6 Å². The molecule has 8 amide bonds. The summed E-state index contributed by atoms with van der Waals surface area (Å²) in [4.78, 5) is 139. The van der Waals surface area contributed by atoms with Gasteiger partial charge in [-0.25, -0.2) is 65.5 Å². The summed E-state index contributed by atoms with van der Waals surface area (Å²) >= 11 is 0. The largest absolute Gasteiger partial charge is 0.453 e. The molecule has 6 aromatic carbocycles. The number of benzene rings is 6. The van der Waals surface area contributed by atoms with E-state index in [2.05, 4.69) is 61.1 Å². The molecule has 4 aliphatic heterocycles. The summed E-state index contributed by atoms with van der Waals surface area (Å²) in [6.07, 6.45) is 2.07. The number of carbonyl (C=O) groups is 8. The third-order valence-electron chi connectivity index (χ3n) is 22.5. The van der Waals surface area contributed by atoms with E-state index in [4.69, 9.17) is 18.9 Å². The molecule has 28 nitrogen and oxygen atoms in total. The summed E-state index contributed by atoms with van der Waals surface area (Å²) in [7, 11) is 4.89. The molecule has 14 rings (SSSR count). The highest BCUT2D eigenvalue weighted by Crippen LogP contribution is 2.42. The lowest BCUT2D eigenvalue weighted by molar-refractivity contribution is -0.136. The summed E-state index contributed by atoms with van der Waals surface area (Å²) in [6.45, 7) is 16.2. The van der Waals surface area contributed by atoms with E-state index >= 15 is 26.3 Å². The van der Waals surface area contributed by atoms with Crippen molar-refractivity contribution in [3.63, 3.8) is 0 Å². The molecule has 0 aliphatic carbocycles. The van der Waals surface area contributed by atoms with Crippen molar-refractivity contribution in [3.05, 3.63) is 143 Å². The lowest BCUT2D eigenvalue weighted by Gasteiger charge is -2.29. The third kappa shape index (κ3) is 16.7. The van der Waals surface area contributed by atoms with Crippen molar-refractivity contribution in [2.75, 3.05) is 54.6 Å². The minimum Gasteiger partial charge on any atom is -0.453 e. The molecule has 4 fully saturated rings. The number of aromatic amines is 4. The van der Waals surface area contributed by atoms with Crippen LogP contribution in [0.25, 0.3) is 88.6 Å². The molecule has 10 aromatic rings. The van der Waals surface area contributed by atoms with Crippen molar-refractivity contribution < 1.29 is 83.6 Å². The van der Waals surface area contributed by atoms with Gasteiger partial charge in [0.15, 0.2) is 23.3 Å². The van der Waals surface area contributed by atoms with Gasteiger partial charge in [-0.3, -0.25) is 19.2 Å². The first kappa shape index (κ1) is 83.7. The average molecular weight is 1630 g/mol. The number of nitrogens with one attached hydrogen (secondary N) is 8. The highest BCUT2D eigenvalue weighted by atomic mass is 19.2. The average Bonchev–Trinajstić information content (AvgIpc) is 1.54. The maximum Gasteiger partial charge on any atom is 0.407 e. The van der Waals surface area contributed by atoms with Crippen LogP contribution < -0.4 is 21.3 Å². The molecule has 4 aliphatic rings. The van der Waals surface area contributed by atoms with Crippen LogP contribution in [0.2, 0.25) is 0 Å². The van der Waals surface area contributed by atoms with E-state index in [1.165, 1.54) is 64.8 Å². The molecule has 624 valence electrons. The molecule has 0 spiro atoms. The Bertz CT molecular complexity index is 5160. The maximum atomic E-state index is 16.2. The number of likely N-dealkylation sites (tertiary alicyclic amines) is 4. The zero-order valence-electron chi connectivity index (χ0n) is 67.2. The van der Waals surface area contributed by atoms with Crippen molar-refractivity contribution in [2.45, 2.75) is 155 Å². The number of methoxy groups -OCH3 is 4. The van der Waals surface area contributed by atoms with Gasteiger partial charge in [-0.05, 0) is 133 Å². The minimum atomic E-state index is -0.966. The van der Waals surface area contributed by atoms with Crippen LogP contribution in [0.1, 0.15) is 154 Å². The normalized spacial score (nSPS) is 17.9. The fourth-order valence-electron chi connectivity index (χ4n) is 16.3. The third-order valence-corrected chi connectivity index (χ3v) is 22.5. The van der Waals surface area contributed by atoms with Crippen molar-refractivity contribution in [1.82, 2.24) is 80.7 Å². The fraction of sp³-hybridized carbons (Fsp3) is 0.429. The summed E-state index contributed by atoms with van der Waals surface area (Å²) in [5.41, 5.74) is 3.14. The van der Waals surface area contributed by atoms with Crippen LogP contribution in [-0.4, -0.2) is 186 Å². The Kier molecular flexibility index (Phi) is 24.7. The number of imidazole rings is 4. The predicted molar refractivity (Wildman–Crippen MR) is 424 cm³/mol. The van der Waals surface area contributed by atoms with Crippen molar-refractivity contribution in [2.24, 2.45) is 23.7 Å². The Morgan fingerprint density at radius 1 is 0.339 bits per heavy atom. The Labute approximate surface area is 674 Å². The zero-order chi connectivity index (χ0) is 84.6. The van der Waals surface area contributed by atoms with Gasteiger partial charge in [-0.1, -0.05) is 104 Å². The van der Waals surface area contributed by atoms with E-state index in [1.807, 2.05) is 64.1 Å². The molecular weight excluding hydrogens is 1540 g/mol. The number of alkyl carbamates (subject to hydrolysis) is 4. The molecule has 4 aromatic heterocycles. The number of fused-ring (bicyclic) bond motifs is 4. The number of aromatic nitrogens is 8. The van der Waals surface area contributed by atoms with Crippen molar-refractivity contribution in [1.29, 1.82) is 0 Å². The van der Waals surface area contributed by atoms with Crippen molar-refractivity contribution in [3.8, 4) is 44.5 Å². The second kappa shape index (κ2) is 34.9. The molecule has 0 saturated carbocycles. The molecular formula is C84H94F6N16O12. The van der Waals surface area contributed by atoms with Crippen LogP contribution in [0, 0.1) is 58.6 Å². The number of H-pyrrole nitrogens is 4. The van der Waals surface area contributed by atoms with E-state index in [1.54, 1.807) is 47.3 Å². The molecule has 8 heterocycles. The smallest absolute Gasteiger partial charge is 0.407 e. The highest BCUT2D eigenvalue weighted by Gasteiger charge is 2.43. The number of nitrogens with zero attached hydrogens (tertiary/aromatic N) is 8. The first-order chi connectivity index (χ1) is 56.4. The second-order valence-corrected chi connectivity index (χ2v) is 31.4. The van der Waals surface area contributed by atoms with Crippen LogP contribution >= 0.6 is 0 Å². The minimum absolute atomic E-state index is 0.0753. The van der Waals surface area contributed by atoms with Gasteiger partial charge in [0.05, 0.1) is 85.8 Å². The van der Waals surface area contributed by atoms with Gasteiger partial charge in [-0.2, -0.15) is 0 Å². The van der Waals surface area contributed by atoms with E-state index in [0.717, 1.165) is 36.1 Å². The first-order valence-electron chi connectivity index (χ1n) is 39.4. The predicted octanol–water partition coefficient (Wildman–Crippen LogP) is 14.6. The summed E-state index contributed by atoms with van der Waals surface area (Å²) < 4.78 is 114. The van der Waals surface area contributed by atoms with Crippen LogP contribution in [-0.2, 0) is 38.1 Å². The van der Waals surface area contributed by atoms with E-state index < -0.39 is 119 Å². The molecule has 4 saturated heterocycles. The van der Waals surface area contributed by atoms with E-state index in [-0.39, 0.29) is 103 Å². The lowest BCUT2D eigenvalue weighted by Crippen LogP contribution is -2.51. The van der Waals surface area contributed by atoms with Crippen molar-refractivity contribution >= 4 is 92.1 Å². The SMILES string of the molecule is COC(=O)N[C@H](C(=O)N1CCCC1c1nc2c(F)cc(-c3ccc(-c4cc(F)c5nc([C@@H]6CCCN6C(=O)[C@@H](NC(=O)OC)C(C)C)[nH]c5c4)cc3)cc2[nH]1)C(C)C.COC(=O)N[C@H](C(=O)N1CCC[C@H]1c1nc2c(F)c(-c3ccc(-c4c(F)cc5[nH]c([C@@H]6CCCN6C(=O)[C@@H](NC(=O)OC)C(C)C)nc5c4F)cc3)c(F)cc2[nH]1)C(C)C. The number of ether oxygens (including phenoxy) is 4. The monoisotopic (exact) mass is 1630 g/mol. The molecule has 1 unspecified atom stereocenters. The lowest BCUT2D eigenvalue weighted by atomic mass is 9.98. The molecule has 0 radical (unpaired) electrons. The molecule has 8 atom stereocenters. The second-order valence-electron chi connectivity index (χ2n) is 31.4. The molecule has 34 heteroatoms. The van der Waals surface area contributed by atoms with Crippen LogP contribution in [0.3, 0.4) is 0 Å². The molecule has 8 N–H and O–H groups in total. The number of carbonyl (C=O) groups excluding carboxylic acids is 8. The standard InChI is InChI=1S/C42H46F4N8O6.C42H48F2N8O6/c1-19(2)33(51-41(57)59-5)39(55)53-15-7-9-27(53)37-47-25-17-23(43)29(31(45)35(25)49-37)21-11-13-22(14-12-21)30-24(44)18-26-36(32(30)46)50-38(48-26)28-10-8-16-54(28)40(56)34(20(3)4)52-42(58)60-6;1-21(2)33(49-41(55)57-5)39(53)51-15-7-9-31(51)37-45-29-19-25(17-27(43)35(29)47-37)23-11-13-24(14-12-23)26-18-28(44)36-30(20-26)46-38(48-36)32-10-8-16-52(32)40(54)34(22(3)4)50-42(56)58-6/h11-14,17-20,27-28,33-34H,7-10,15-16H2,1-6H3,(H,47,49)(H,48,50)(H,51,57)(H,52,58);11-14,17-22,31-34H,7-10,15-16H2,1-6H3,(H,45,47)(H,46,48)(H,49,55)(H,50,56)/t27-,28-,33-,34-;31-,32?,33-,34-/m00/s1. The Hall–Kier alpha value is -12.3. The first-order valence-corrected chi connectivity index (χ1v) is 39.4. The van der Waals surface area contributed by atoms with Gasteiger partial charge >= 0.3 is 24.4 Å². The zero-order valence-corrected chi connectivity index (χ0v) is 67.2. The van der Waals surface area contributed by atoms with Crippen LogP contribution in [0.4, 0.5) is 45.5 Å². The summed E-state index contributed by atoms with van der Waals surface area (Å²) in [5, 5.41) is 10.4.